The number of non-ortho nitro benzene ring substituents is 1. The first-order chi connectivity index (χ1) is 14.2. The smallest absolute Gasteiger partial charge is 0.270 e. The van der Waals surface area contributed by atoms with Crippen molar-refractivity contribution in [3.8, 4) is 0 Å². The fourth-order valence-electron chi connectivity index (χ4n) is 3.23. The van der Waals surface area contributed by atoms with Crippen LogP contribution in [0.15, 0.2) is 47.5 Å². The van der Waals surface area contributed by atoms with Gasteiger partial charge in [0.1, 0.15) is 16.4 Å². The van der Waals surface area contributed by atoms with Crippen molar-refractivity contribution in [2.24, 2.45) is 4.99 Å². The molecule has 10 heteroatoms. The summed E-state index contributed by atoms with van der Waals surface area (Å²) in [6.45, 7) is 1.56. The zero-order valence-electron chi connectivity index (χ0n) is 16.2. The second-order valence-corrected chi connectivity index (χ2v) is 9.62. The number of sulfone groups is 1. The Balaban J connectivity index is 2.07. The maximum absolute atomic E-state index is 12.8. The number of benzene rings is 2. The molecule has 0 unspecified atom stereocenters. The van der Waals surface area contributed by atoms with Crippen molar-refractivity contribution in [3.05, 3.63) is 68.7 Å². The van der Waals surface area contributed by atoms with E-state index in [9.17, 15) is 23.3 Å². The number of halogens is 1. The van der Waals surface area contributed by atoms with E-state index in [1.54, 1.807) is 31.2 Å². The Bertz CT molecular complexity index is 1130. The molecule has 3 rings (SSSR count). The van der Waals surface area contributed by atoms with Crippen LogP contribution in [0.1, 0.15) is 24.5 Å². The van der Waals surface area contributed by atoms with Gasteiger partial charge in [0.15, 0.2) is 0 Å². The highest BCUT2D eigenvalue weighted by Gasteiger charge is 2.28. The lowest BCUT2D eigenvalue weighted by Crippen LogP contribution is -2.34. The summed E-state index contributed by atoms with van der Waals surface area (Å²) >= 11 is 6.32. The molecule has 1 heterocycles. The zero-order valence-corrected chi connectivity index (χ0v) is 17.8. The van der Waals surface area contributed by atoms with E-state index in [1.807, 2.05) is 0 Å². The Kier molecular flexibility index (Phi) is 6.52. The van der Waals surface area contributed by atoms with Crippen molar-refractivity contribution in [2.45, 2.75) is 13.3 Å². The minimum atomic E-state index is -3.17. The average Bonchev–Trinajstić information content (AvgIpc) is 2.85. The molecule has 158 valence electrons. The number of nitro groups is 1. The van der Waals surface area contributed by atoms with Crippen LogP contribution < -0.4 is 4.90 Å². The van der Waals surface area contributed by atoms with Crippen LogP contribution in [0.4, 0.5) is 11.4 Å². The number of nitrogens with zero attached hydrogens (tertiary/aromatic N) is 3. The van der Waals surface area contributed by atoms with Crippen LogP contribution in [-0.2, 0) is 14.6 Å². The van der Waals surface area contributed by atoms with Gasteiger partial charge < -0.3 is 4.90 Å². The van der Waals surface area contributed by atoms with Crippen LogP contribution in [0.3, 0.4) is 0 Å². The topological polar surface area (TPSA) is 110 Å². The van der Waals surface area contributed by atoms with Gasteiger partial charge in [0.25, 0.3) is 5.69 Å². The highest BCUT2D eigenvalue weighted by Crippen LogP contribution is 2.32. The lowest BCUT2D eigenvalue weighted by atomic mass is 9.99. The van der Waals surface area contributed by atoms with Gasteiger partial charge in [-0.15, -0.1) is 0 Å². The predicted molar refractivity (Wildman–Crippen MR) is 116 cm³/mol. The summed E-state index contributed by atoms with van der Waals surface area (Å²) in [5.74, 6) is -0.335. The van der Waals surface area contributed by atoms with Gasteiger partial charge in [-0.25, -0.2) is 8.42 Å². The quantitative estimate of drug-likeness (QED) is 0.476. The maximum Gasteiger partial charge on any atom is 0.270 e. The first kappa shape index (κ1) is 21.9. The fraction of sp³-hybridized carbons (Fsp3) is 0.300. The van der Waals surface area contributed by atoms with Gasteiger partial charge in [-0.2, -0.15) is 0 Å². The second-order valence-electron chi connectivity index (χ2n) is 6.74. The second kappa shape index (κ2) is 8.93. The van der Waals surface area contributed by atoms with Crippen molar-refractivity contribution >= 4 is 44.4 Å². The minimum Gasteiger partial charge on any atom is -0.310 e. The number of anilines is 1. The van der Waals surface area contributed by atoms with Crippen LogP contribution in [0.25, 0.3) is 0 Å². The largest absolute Gasteiger partial charge is 0.310 e. The normalized spacial score (nSPS) is 14.1. The third-order valence-corrected chi connectivity index (χ3v) is 6.94. The summed E-state index contributed by atoms with van der Waals surface area (Å²) in [5, 5.41) is 11.7. The fourth-order valence-corrected chi connectivity index (χ4v) is 4.31. The van der Waals surface area contributed by atoms with Crippen LogP contribution in [-0.4, -0.2) is 49.6 Å². The van der Waals surface area contributed by atoms with Gasteiger partial charge in [0, 0.05) is 40.6 Å². The summed E-state index contributed by atoms with van der Waals surface area (Å²) < 4.78 is 23.6. The molecule has 0 aliphatic carbocycles. The maximum atomic E-state index is 12.8. The van der Waals surface area contributed by atoms with Gasteiger partial charge in [-0.05, 0) is 18.6 Å². The molecular formula is C20H20ClN3O5S. The van der Waals surface area contributed by atoms with Crippen molar-refractivity contribution in [3.63, 3.8) is 0 Å². The first-order valence-corrected chi connectivity index (χ1v) is 11.5. The van der Waals surface area contributed by atoms with Crippen molar-refractivity contribution in [1.29, 1.82) is 0 Å². The molecule has 2 aromatic rings. The molecule has 0 radical (unpaired) electrons. The molecule has 30 heavy (non-hydrogen) atoms. The van der Waals surface area contributed by atoms with Crippen molar-refractivity contribution < 1.29 is 18.1 Å². The number of aliphatic imine (C=N–C) groups is 1. The molecule has 0 N–H and O–H groups in total. The van der Waals surface area contributed by atoms with E-state index < -0.39 is 14.8 Å². The number of rotatable bonds is 7. The molecule has 0 saturated carbocycles. The molecule has 0 fully saturated rings. The molecule has 8 nitrogen and oxygen atoms in total. The van der Waals surface area contributed by atoms with E-state index in [1.165, 1.54) is 23.1 Å². The minimum absolute atomic E-state index is 0.0312. The number of benzodiazepines with no additional fused rings is 1. The van der Waals surface area contributed by atoms with Crippen LogP contribution in [0.5, 0.6) is 0 Å². The lowest BCUT2D eigenvalue weighted by Gasteiger charge is -2.23. The number of hydrogen-bond donors (Lipinski definition) is 0. The number of amides is 1. The molecule has 0 aromatic heterocycles. The molecule has 0 bridgehead atoms. The number of nitro benzene ring substituents is 1. The van der Waals surface area contributed by atoms with E-state index >= 15 is 0 Å². The van der Waals surface area contributed by atoms with E-state index in [-0.39, 0.29) is 42.6 Å². The van der Waals surface area contributed by atoms with Gasteiger partial charge >= 0.3 is 0 Å². The highest BCUT2D eigenvalue weighted by atomic mass is 35.5. The Morgan fingerprint density at radius 3 is 2.60 bits per heavy atom. The molecule has 0 saturated heterocycles. The number of carbonyl (C=O) groups excluding carboxylic acids is 1. The van der Waals surface area contributed by atoms with Crippen molar-refractivity contribution in [2.75, 3.05) is 29.5 Å². The first-order valence-electron chi connectivity index (χ1n) is 9.32. The molecule has 1 aliphatic heterocycles. The van der Waals surface area contributed by atoms with Gasteiger partial charge in [-0.1, -0.05) is 36.7 Å². The SMILES string of the molecule is CCS(=O)(=O)CCCN1C(=O)CN=C(c2ccccc2Cl)c2cc([N+](=O)[O-])ccc21. The number of hydrogen-bond acceptors (Lipinski definition) is 6. The monoisotopic (exact) mass is 449 g/mol. The average molecular weight is 450 g/mol. The standard InChI is InChI=1S/C20H20ClN3O5S/c1-2-30(28,29)11-5-10-23-18-9-8-14(24(26)27)12-16(18)20(22-13-19(23)25)15-6-3-4-7-17(15)21/h3-4,6-9,12H,2,5,10-11,13H2,1H3. The van der Waals surface area contributed by atoms with Crippen molar-refractivity contribution in [1.82, 2.24) is 0 Å². The Morgan fingerprint density at radius 2 is 1.93 bits per heavy atom. The summed E-state index contributed by atoms with van der Waals surface area (Å²) in [4.78, 5) is 29.4. The summed E-state index contributed by atoms with van der Waals surface area (Å²) in [6, 6.07) is 11.1. The Hall–Kier alpha value is -2.78. The number of fused-ring (bicyclic) bond motifs is 1. The van der Waals surface area contributed by atoms with Crippen LogP contribution in [0.2, 0.25) is 5.02 Å². The number of carbonyl (C=O) groups is 1. The summed E-state index contributed by atoms with van der Waals surface area (Å²) in [5.41, 5.74) is 1.65. The van der Waals surface area contributed by atoms with E-state index in [0.29, 0.717) is 27.5 Å². The van der Waals surface area contributed by atoms with E-state index in [0.717, 1.165) is 0 Å². The van der Waals surface area contributed by atoms with Crippen LogP contribution >= 0.6 is 11.6 Å². The van der Waals surface area contributed by atoms with Crippen LogP contribution in [0, 0.1) is 10.1 Å². The van der Waals surface area contributed by atoms with Gasteiger partial charge in [-0.3, -0.25) is 19.9 Å². The van der Waals surface area contributed by atoms with Gasteiger partial charge in [0.05, 0.1) is 22.1 Å². The third kappa shape index (κ3) is 4.68. The molecular weight excluding hydrogens is 430 g/mol. The lowest BCUT2D eigenvalue weighted by molar-refractivity contribution is -0.384. The third-order valence-electron chi connectivity index (χ3n) is 4.82. The predicted octanol–water partition coefficient (Wildman–Crippen LogP) is 3.26. The summed E-state index contributed by atoms with van der Waals surface area (Å²) in [6.07, 6.45) is 0.250. The molecule has 1 amide bonds. The Morgan fingerprint density at radius 1 is 1.20 bits per heavy atom. The van der Waals surface area contributed by atoms with E-state index in [2.05, 4.69) is 4.99 Å². The Labute approximate surface area is 179 Å². The molecule has 0 spiro atoms. The van der Waals surface area contributed by atoms with E-state index in [4.69, 9.17) is 11.6 Å². The zero-order chi connectivity index (χ0) is 21.9. The molecule has 1 aliphatic rings. The highest BCUT2D eigenvalue weighted by molar-refractivity contribution is 7.91. The molecule has 2 aromatic carbocycles. The molecule has 0 atom stereocenters. The van der Waals surface area contributed by atoms with Gasteiger partial charge in [0.2, 0.25) is 5.91 Å². The summed E-state index contributed by atoms with van der Waals surface area (Å²) in [7, 11) is -3.17.